The van der Waals surface area contributed by atoms with Crippen molar-refractivity contribution in [1.29, 1.82) is 0 Å². The topological polar surface area (TPSA) is 92.8 Å². The number of rotatable bonds is 7. The number of carbonyl (C=O) groups excluding carboxylic acids is 1. The number of benzene rings is 2. The summed E-state index contributed by atoms with van der Waals surface area (Å²) in [6.45, 7) is 0. The van der Waals surface area contributed by atoms with Gasteiger partial charge in [0.2, 0.25) is 11.9 Å². The van der Waals surface area contributed by atoms with Gasteiger partial charge < -0.3 is 4.74 Å². The van der Waals surface area contributed by atoms with Crippen LogP contribution in [0.15, 0.2) is 48.5 Å². The summed E-state index contributed by atoms with van der Waals surface area (Å²) in [6.07, 6.45) is 0. The van der Waals surface area contributed by atoms with E-state index in [0.29, 0.717) is 23.1 Å². The molecule has 142 valence electrons. The van der Waals surface area contributed by atoms with Crippen LogP contribution in [0.1, 0.15) is 5.01 Å². The van der Waals surface area contributed by atoms with Crippen molar-refractivity contribution in [3.63, 3.8) is 0 Å². The molecule has 7 nitrogen and oxygen atoms in total. The second-order valence-electron chi connectivity index (χ2n) is 5.82. The number of hydrogen-bond acceptors (Lipinski definition) is 7. The second-order valence-corrected chi connectivity index (χ2v) is 7.93. The molecule has 0 aliphatic rings. The van der Waals surface area contributed by atoms with Crippen molar-refractivity contribution in [2.75, 3.05) is 18.2 Å². The Morgan fingerprint density at radius 2 is 2.00 bits per heavy atom. The van der Waals surface area contributed by atoms with Crippen LogP contribution in [0.4, 0.5) is 5.95 Å². The minimum absolute atomic E-state index is 0.156. The lowest BCUT2D eigenvalue weighted by atomic mass is 10.2. The third-order valence-corrected chi connectivity index (χ3v) is 6.06. The molecule has 0 bridgehead atoms. The van der Waals surface area contributed by atoms with Crippen molar-refractivity contribution < 1.29 is 9.53 Å². The lowest BCUT2D eigenvalue weighted by Crippen LogP contribution is -2.15. The SMILES string of the molecule is COc1ccccc1-c1nc(NC(=O)CSCc2nc3ccccc3s2)n[nH]1. The highest BCUT2D eigenvalue weighted by atomic mass is 32.2. The number of carbonyl (C=O) groups is 1. The van der Waals surface area contributed by atoms with E-state index >= 15 is 0 Å². The van der Waals surface area contributed by atoms with Gasteiger partial charge in [-0.3, -0.25) is 15.2 Å². The van der Waals surface area contributed by atoms with Gasteiger partial charge in [-0.1, -0.05) is 24.3 Å². The number of ether oxygens (including phenoxy) is 1. The summed E-state index contributed by atoms with van der Waals surface area (Å²) in [5.41, 5.74) is 1.78. The first-order chi connectivity index (χ1) is 13.7. The molecule has 0 spiro atoms. The number of aromatic amines is 1. The zero-order valence-electron chi connectivity index (χ0n) is 15.0. The lowest BCUT2D eigenvalue weighted by molar-refractivity contribution is -0.113. The quantitative estimate of drug-likeness (QED) is 0.478. The first-order valence-corrected chi connectivity index (χ1v) is 10.5. The summed E-state index contributed by atoms with van der Waals surface area (Å²) < 4.78 is 6.48. The molecule has 0 aliphatic heterocycles. The zero-order chi connectivity index (χ0) is 19.3. The summed E-state index contributed by atoms with van der Waals surface area (Å²) in [4.78, 5) is 21.1. The number of thioether (sulfide) groups is 1. The number of amides is 1. The lowest BCUT2D eigenvalue weighted by Gasteiger charge is -2.04. The van der Waals surface area contributed by atoms with Crippen LogP contribution in [0.5, 0.6) is 5.75 Å². The molecule has 4 rings (SSSR count). The Hall–Kier alpha value is -2.91. The first kappa shape index (κ1) is 18.5. The van der Waals surface area contributed by atoms with Crippen LogP contribution in [0.3, 0.4) is 0 Å². The number of nitrogens with zero attached hydrogens (tertiary/aromatic N) is 3. The van der Waals surface area contributed by atoms with Crippen LogP contribution in [-0.4, -0.2) is 38.9 Å². The monoisotopic (exact) mass is 411 g/mol. The smallest absolute Gasteiger partial charge is 0.249 e. The zero-order valence-corrected chi connectivity index (χ0v) is 16.6. The molecule has 2 N–H and O–H groups in total. The summed E-state index contributed by atoms with van der Waals surface area (Å²) in [5.74, 6) is 2.29. The van der Waals surface area contributed by atoms with Crippen molar-refractivity contribution in [1.82, 2.24) is 20.2 Å². The minimum atomic E-state index is -0.156. The van der Waals surface area contributed by atoms with Crippen LogP contribution >= 0.6 is 23.1 Å². The number of H-pyrrole nitrogens is 1. The van der Waals surface area contributed by atoms with Crippen molar-refractivity contribution in [3.8, 4) is 17.1 Å². The number of hydrogen-bond donors (Lipinski definition) is 2. The van der Waals surface area contributed by atoms with Crippen LogP contribution in [0.2, 0.25) is 0 Å². The molecule has 0 aliphatic carbocycles. The van der Waals surface area contributed by atoms with Gasteiger partial charge in [0.05, 0.1) is 28.6 Å². The number of para-hydroxylation sites is 2. The third kappa shape index (κ3) is 4.15. The maximum absolute atomic E-state index is 12.2. The summed E-state index contributed by atoms with van der Waals surface area (Å²) in [7, 11) is 1.60. The molecule has 2 heterocycles. The van der Waals surface area contributed by atoms with E-state index in [9.17, 15) is 4.79 Å². The van der Waals surface area contributed by atoms with E-state index in [1.54, 1.807) is 18.4 Å². The number of aromatic nitrogens is 4. The Morgan fingerprint density at radius 1 is 1.18 bits per heavy atom. The van der Waals surface area contributed by atoms with Crippen molar-refractivity contribution in [3.05, 3.63) is 53.5 Å². The average molecular weight is 412 g/mol. The van der Waals surface area contributed by atoms with Crippen molar-refractivity contribution in [2.45, 2.75) is 5.75 Å². The van der Waals surface area contributed by atoms with Crippen molar-refractivity contribution >= 4 is 45.2 Å². The minimum Gasteiger partial charge on any atom is -0.496 e. The van der Waals surface area contributed by atoms with E-state index < -0.39 is 0 Å². The Labute approximate surface area is 169 Å². The van der Waals surface area contributed by atoms with Crippen LogP contribution in [0.25, 0.3) is 21.6 Å². The normalized spacial score (nSPS) is 10.9. The number of methoxy groups -OCH3 is 1. The molecule has 1 amide bonds. The number of thiazole rings is 1. The van der Waals surface area contributed by atoms with Gasteiger partial charge in [0.25, 0.3) is 0 Å². The van der Waals surface area contributed by atoms with E-state index in [1.807, 2.05) is 42.5 Å². The summed E-state index contributed by atoms with van der Waals surface area (Å²) in [5, 5.41) is 10.6. The van der Waals surface area contributed by atoms with Gasteiger partial charge in [-0.15, -0.1) is 28.2 Å². The molecule has 2 aromatic heterocycles. The molecular weight excluding hydrogens is 394 g/mol. The number of fused-ring (bicyclic) bond motifs is 1. The Bertz CT molecular complexity index is 1080. The van der Waals surface area contributed by atoms with Crippen LogP contribution in [-0.2, 0) is 10.5 Å². The van der Waals surface area contributed by atoms with Crippen LogP contribution in [0, 0.1) is 0 Å². The first-order valence-electron chi connectivity index (χ1n) is 8.51. The maximum atomic E-state index is 12.2. The summed E-state index contributed by atoms with van der Waals surface area (Å²) >= 11 is 3.16. The van der Waals surface area contributed by atoms with Crippen molar-refractivity contribution in [2.24, 2.45) is 0 Å². The van der Waals surface area contributed by atoms with Gasteiger partial charge in [0.15, 0.2) is 5.82 Å². The molecule has 0 fully saturated rings. The molecule has 2 aromatic carbocycles. The van der Waals surface area contributed by atoms with E-state index in [1.165, 1.54) is 11.8 Å². The predicted molar refractivity (Wildman–Crippen MR) is 113 cm³/mol. The molecule has 0 saturated carbocycles. The molecular formula is C19H17N5O2S2. The number of anilines is 1. The molecule has 0 radical (unpaired) electrons. The standard InChI is InChI=1S/C19H17N5O2S2/c1-26-14-8-4-2-6-12(14)18-22-19(24-23-18)21-16(25)10-27-11-17-20-13-7-3-5-9-15(13)28-17/h2-9H,10-11H2,1H3,(H2,21,22,23,24,25). The molecule has 0 saturated heterocycles. The fraction of sp³-hybridized carbons (Fsp3) is 0.158. The Balaban J connectivity index is 1.32. The van der Waals surface area contributed by atoms with Gasteiger partial charge in [0.1, 0.15) is 10.8 Å². The highest BCUT2D eigenvalue weighted by Gasteiger charge is 2.12. The molecule has 0 atom stereocenters. The van der Waals surface area contributed by atoms with E-state index in [0.717, 1.165) is 20.8 Å². The largest absolute Gasteiger partial charge is 0.496 e. The summed E-state index contributed by atoms with van der Waals surface area (Å²) in [6, 6.07) is 15.5. The fourth-order valence-corrected chi connectivity index (χ4v) is 4.50. The van der Waals surface area contributed by atoms with Gasteiger partial charge in [-0.05, 0) is 24.3 Å². The third-order valence-electron chi connectivity index (χ3n) is 3.90. The molecule has 9 heteroatoms. The maximum Gasteiger partial charge on any atom is 0.249 e. The average Bonchev–Trinajstić information content (AvgIpc) is 3.34. The molecule has 0 unspecified atom stereocenters. The highest BCUT2D eigenvalue weighted by Crippen LogP contribution is 2.27. The predicted octanol–water partition coefficient (Wildman–Crippen LogP) is 3.96. The molecule has 28 heavy (non-hydrogen) atoms. The van der Waals surface area contributed by atoms with Gasteiger partial charge >= 0.3 is 0 Å². The molecule has 4 aromatic rings. The van der Waals surface area contributed by atoms with Gasteiger partial charge in [-0.25, -0.2) is 4.98 Å². The second kappa shape index (κ2) is 8.41. The van der Waals surface area contributed by atoms with Gasteiger partial charge in [-0.2, -0.15) is 4.98 Å². The van der Waals surface area contributed by atoms with E-state index in [2.05, 4.69) is 31.5 Å². The number of nitrogens with one attached hydrogen (secondary N) is 2. The Kier molecular flexibility index (Phi) is 5.54. The highest BCUT2D eigenvalue weighted by molar-refractivity contribution is 7.99. The van der Waals surface area contributed by atoms with E-state index in [4.69, 9.17) is 4.74 Å². The van der Waals surface area contributed by atoms with Crippen LogP contribution < -0.4 is 10.1 Å². The fourth-order valence-electron chi connectivity index (χ4n) is 2.65. The van der Waals surface area contributed by atoms with Gasteiger partial charge in [0, 0.05) is 5.75 Å². The van der Waals surface area contributed by atoms with E-state index in [-0.39, 0.29) is 11.9 Å². The Morgan fingerprint density at radius 3 is 2.86 bits per heavy atom.